The van der Waals surface area contributed by atoms with Crippen LogP contribution in [0.4, 0.5) is 17.1 Å². The monoisotopic (exact) mass is 637 g/mol. The zero-order valence-electron chi connectivity index (χ0n) is 28.0. The maximum absolute atomic E-state index is 13.6. The van der Waals surface area contributed by atoms with Crippen LogP contribution in [0, 0.1) is 0 Å². The van der Waals surface area contributed by atoms with Crippen LogP contribution in [0.5, 0.6) is 0 Å². The molecular weight excluding hydrogens is 591 g/mol. The largest absolute Gasteiger partial charge is 0.310 e. The molecule has 6 rings (SSSR count). The molecule has 1 heterocycles. The SMILES string of the molecule is CCCCCCC1(CCCCCC)c2cc(C(=O)/C=C/c3cccs3)ccc2-c2ccc(N(c3ccccc3)c3ccccc3)cc21. The number of ketones is 1. The van der Waals surface area contributed by atoms with E-state index in [0.717, 1.165) is 34.7 Å². The molecule has 4 aromatic carbocycles. The molecule has 47 heavy (non-hydrogen) atoms. The van der Waals surface area contributed by atoms with Crippen molar-refractivity contribution >= 4 is 40.3 Å². The number of para-hydroxylation sites is 2. The number of rotatable bonds is 16. The molecule has 0 amide bonds. The zero-order valence-corrected chi connectivity index (χ0v) is 28.8. The molecule has 2 nitrogen and oxygen atoms in total. The Morgan fingerprint density at radius 2 is 1.23 bits per heavy atom. The molecule has 1 aliphatic rings. The highest BCUT2D eigenvalue weighted by Gasteiger charge is 2.43. The third-order valence-electron chi connectivity index (χ3n) is 9.77. The molecule has 1 aliphatic carbocycles. The Hall–Kier alpha value is -4.21. The van der Waals surface area contributed by atoms with Crippen LogP contribution in [-0.2, 0) is 5.41 Å². The first-order valence-corrected chi connectivity index (χ1v) is 18.5. The predicted octanol–water partition coefficient (Wildman–Crippen LogP) is 13.3. The Morgan fingerprint density at radius 1 is 0.638 bits per heavy atom. The fourth-order valence-electron chi connectivity index (χ4n) is 7.39. The van der Waals surface area contributed by atoms with E-state index in [-0.39, 0.29) is 11.2 Å². The fraction of sp³-hybridized carbons (Fsp3) is 0.295. The number of allylic oxidation sites excluding steroid dienone is 1. The van der Waals surface area contributed by atoms with Crippen LogP contribution in [0.15, 0.2) is 121 Å². The number of fused-ring (bicyclic) bond motifs is 3. The second-order valence-corrected chi connectivity index (χ2v) is 13.9. The van der Waals surface area contributed by atoms with Crippen molar-refractivity contribution in [2.24, 2.45) is 0 Å². The van der Waals surface area contributed by atoms with Gasteiger partial charge in [0.05, 0.1) is 0 Å². The molecule has 0 saturated carbocycles. The summed E-state index contributed by atoms with van der Waals surface area (Å²) in [5, 5.41) is 2.05. The highest BCUT2D eigenvalue weighted by molar-refractivity contribution is 7.10. The minimum atomic E-state index is -0.130. The van der Waals surface area contributed by atoms with Crippen molar-refractivity contribution < 1.29 is 4.79 Å². The van der Waals surface area contributed by atoms with Gasteiger partial charge in [-0.15, -0.1) is 11.3 Å². The van der Waals surface area contributed by atoms with Crippen molar-refractivity contribution in [3.05, 3.63) is 142 Å². The number of carbonyl (C=O) groups excluding carboxylic acids is 1. The zero-order chi connectivity index (χ0) is 32.5. The van der Waals surface area contributed by atoms with Crippen LogP contribution in [-0.4, -0.2) is 5.78 Å². The van der Waals surface area contributed by atoms with Gasteiger partial charge in [0.25, 0.3) is 0 Å². The Bertz CT molecular complexity index is 1720. The molecule has 0 aliphatic heterocycles. The molecule has 3 heteroatoms. The first-order valence-electron chi connectivity index (χ1n) is 17.6. The van der Waals surface area contributed by atoms with E-state index in [1.807, 2.05) is 23.6 Å². The lowest BCUT2D eigenvalue weighted by Gasteiger charge is -2.34. The van der Waals surface area contributed by atoms with Crippen molar-refractivity contribution in [1.82, 2.24) is 0 Å². The van der Waals surface area contributed by atoms with Gasteiger partial charge in [0.2, 0.25) is 0 Å². The van der Waals surface area contributed by atoms with Gasteiger partial charge in [-0.25, -0.2) is 0 Å². The molecule has 0 saturated heterocycles. The number of unbranched alkanes of at least 4 members (excludes halogenated alkanes) is 6. The molecule has 0 N–H and O–H groups in total. The predicted molar refractivity (Wildman–Crippen MR) is 203 cm³/mol. The average molecular weight is 638 g/mol. The van der Waals surface area contributed by atoms with E-state index in [2.05, 4.69) is 116 Å². The van der Waals surface area contributed by atoms with Gasteiger partial charge in [-0.2, -0.15) is 0 Å². The summed E-state index contributed by atoms with van der Waals surface area (Å²) in [5.74, 6) is 0.0723. The molecular formula is C44H47NOS. The number of hydrogen-bond donors (Lipinski definition) is 0. The summed E-state index contributed by atoms with van der Waals surface area (Å²) in [6.45, 7) is 4.58. The molecule has 0 unspecified atom stereocenters. The maximum Gasteiger partial charge on any atom is 0.185 e. The summed E-state index contributed by atoms with van der Waals surface area (Å²) >= 11 is 1.65. The lowest BCUT2D eigenvalue weighted by molar-refractivity contribution is 0.104. The Labute approximate surface area is 285 Å². The van der Waals surface area contributed by atoms with Gasteiger partial charge in [0.15, 0.2) is 5.78 Å². The first-order chi connectivity index (χ1) is 23.1. The summed E-state index contributed by atoms with van der Waals surface area (Å²) in [6.07, 6.45) is 15.7. The Kier molecular flexibility index (Phi) is 10.9. The molecule has 5 aromatic rings. The number of thiophene rings is 1. The minimum Gasteiger partial charge on any atom is -0.310 e. The van der Waals surface area contributed by atoms with Gasteiger partial charge in [-0.1, -0.05) is 126 Å². The summed E-state index contributed by atoms with van der Waals surface area (Å²) in [7, 11) is 0. The van der Waals surface area contributed by atoms with Gasteiger partial charge in [-0.3, -0.25) is 4.79 Å². The highest BCUT2D eigenvalue weighted by atomic mass is 32.1. The van der Waals surface area contributed by atoms with Gasteiger partial charge in [0.1, 0.15) is 0 Å². The van der Waals surface area contributed by atoms with Crippen molar-refractivity contribution in [3.63, 3.8) is 0 Å². The molecule has 240 valence electrons. The van der Waals surface area contributed by atoms with Gasteiger partial charge in [-0.05, 0) is 101 Å². The van der Waals surface area contributed by atoms with Crippen LogP contribution in [0.2, 0.25) is 0 Å². The average Bonchev–Trinajstić information content (AvgIpc) is 3.73. The van der Waals surface area contributed by atoms with Crippen LogP contribution >= 0.6 is 11.3 Å². The van der Waals surface area contributed by atoms with Crippen molar-refractivity contribution in [3.8, 4) is 11.1 Å². The van der Waals surface area contributed by atoms with Crippen LogP contribution in [0.3, 0.4) is 0 Å². The Balaban J connectivity index is 1.48. The van der Waals surface area contributed by atoms with Crippen molar-refractivity contribution in [2.75, 3.05) is 4.90 Å². The van der Waals surface area contributed by atoms with Crippen molar-refractivity contribution in [2.45, 2.75) is 83.5 Å². The van der Waals surface area contributed by atoms with E-state index in [1.54, 1.807) is 17.4 Å². The normalized spacial score (nSPS) is 13.1. The number of benzene rings is 4. The van der Waals surface area contributed by atoms with Crippen LogP contribution in [0.25, 0.3) is 17.2 Å². The van der Waals surface area contributed by atoms with Crippen LogP contribution < -0.4 is 4.90 Å². The molecule has 0 atom stereocenters. The quantitative estimate of drug-likeness (QED) is 0.0609. The number of nitrogens with zero attached hydrogens (tertiary/aromatic N) is 1. The third-order valence-corrected chi connectivity index (χ3v) is 10.6. The van der Waals surface area contributed by atoms with E-state index in [0.29, 0.717) is 0 Å². The first kappa shape index (κ1) is 32.7. The Morgan fingerprint density at radius 3 is 1.81 bits per heavy atom. The smallest absolute Gasteiger partial charge is 0.185 e. The summed E-state index contributed by atoms with van der Waals surface area (Å²) in [6, 6.07) is 39.1. The highest BCUT2D eigenvalue weighted by Crippen LogP contribution is 2.56. The maximum atomic E-state index is 13.6. The standard InChI is InChI=1S/C44H47NOS/c1-3-5-7-15-29-44(30-16-8-6-4-2)41-32-34(43(46)28-25-38-22-17-31-47-38)23-26-39(41)40-27-24-37(33-42(40)44)45(35-18-11-9-12-19-35)36-20-13-10-14-21-36/h9-14,17-28,31-33H,3-8,15-16,29-30H2,1-2H3/b28-25+. The van der Waals surface area contributed by atoms with E-state index in [1.165, 1.54) is 79.3 Å². The molecule has 0 spiro atoms. The van der Waals surface area contributed by atoms with E-state index < -0.39 is 0 Å². The molecule has 1 aromatic heterocycles. The summed E-state index contributed by atoms with van der Waals surface area (Å²) in [5.41, 5.74) is 9.52. The topological polar surface area (TPSA) is 20.3 Å². The van der Waals surface area contributed by atoms with Crippen LogP contribution in [0.1, 0.15) is 104 Å². The molecule has 0 fully saturated rings. The van der Waals surface area contributed by atoms with Crippen molar-refractivity contribution in [1.29, 1.82) is 0 Å². The molecule has 0 radical (unpaired) electrons. The third kappa shape index (κ3) is 7.21. The lowest BCUT2D eigenvalue weighted by Crippen LogP contribution is -2.26. The number of anilines is 3. The molecule has 0 bridgehead atoms. The summed E-state index contributed by atoms with van der Waals surface area (Å²) in [4.78, 5) is 17.1. The van der Waals surface area contributed by atoms with Gasteiger partial charge in [0, 0.05) is 32.9 Å². The fourth-order valence-corrected chi connectivity index (χ4v) is 8.01. The van der Waals surface area contributed by atoms with Gasteiger partial charge < -0.3 is 4.90 Å². The second-order valence-electron chi connectivity index (χ2n) is 12.9. The van der Waals surface area contributed by atoms with Gasteiger partial charge >= 0.3 is 0 Å². The number of carbonyl (C=O) groups is 1. The summed E-state index contributed by atoms with van der Waals surface area (Å²) < 4.78 is 0. The minimum absolute atomic E-state index is 0.0723. The van der Waals surface area contributed by atoms with E-state index in [4.69, 9.17) is 0 Å². The number of hydrogen-bond acceptors (Lipinski definition) is 3. The van der Waals surface area contributed by atoms with E-state index >= 15 is 0 Å². The van der Waals surface area contributed by atoms with E-state index in [9.17, 15) is 4.79 Å². The lowest BCUT2D eigenvalue weighted by atomic mass is 9.70. The second kappa shape index (κ2) is 15.6.